The summed E-state index contributed by atoms with van der Waals surface area (Å²) in [5.41, 5.74) is 2.36. The minimum absolute atomic E-state index is 0.0560. The average molecular weight is 295 g/mol. The Morgan fingerprint density at radius 3 is 2.32 bits per heavy atom. The molecule has 2 N–H and O–H groups in total. The Labute approximate surface area is 129 Å². The van der Waals surface area contributed by atoms with E-state index in [0.29, 0.717) is 12.1 Å². The van der Waals surface area contributed by atoms with Crippen molar-refractivity contribution < 1.29 is 14.7 Å². The molecule has 2 rings (SSSR count). The Balaban J connectivity index is 1.93. The molecule has 112 valence electrons. The summed E-state index contributed by atoms with van der Waals surface area (Å²) in [5.74, 6) is -0.911. The van der Waals surface area contributed by atoms with Crippen LogP contribution in [0.4, 0.5) is 5.69 Å². The van der Waals surface area contributed by atoms with E-state index in [1.165, 1.54) is 0 Å². The van der Waals surface area contributed by atoms with Crippen molar-refractivity contribution in [1.29, 1.82) is 0 Å². The average Bonchev–Trinajstić information content (AvgIpc) is 2.54. The van der Waals surface area contributed by atoms with Crippen LogP contribution in [-0.4, -0.2) is 23.4 Å². The van der Waals surface area contributed by atoms with Crippen LogP contribution in [0.1, 0.15) is 22.3 Å². The third-order valence-electron chi connectivity index (χ3n) is 3.06. The number of carbonyl (C=O) groups excluding carboxylic acids is 1. The number of aliphatic carboxylic acids is 1. The predicted octanol–water partition coefficient (Wildman–Crippen LogP) is 3.47. The number of hydrogen-bond donors (Lipinski definition) is 2. The summed E-state index contributed by atoms with van der Waals surface area (Å²) in [5, 5.41) is 11.6. The van der Waals surface area contributed by atoms with Crippen LogP contribution in [0.25, 0.3) is 6.08 Å². The molecule has 0 aliphatic carbocycles. The number of carbonyl (C=O) groups is 2. The molecule has 0 saturated heterocycles. The van der Waals surface area contributed by atoms with Crippen LogP contribution in [0, 0.1) is 0 Å². The van der Waals surface area contributed by atoms with Crippen molar-refractivity contribution >= 4 is 23.5 Å². The molecule has 0 amide bonds. The van der Waals surface area contributed by atoms with Crippen molar-refractivity contribution in [3.05, 3.63) is 71.8 Å². The second-order valence-electron chi connectivity index (χ2n) is 4.76. The lowest BCUT2D eigenvalue weighted by Gasteiger charge is -2.05. The van der Waals surface area contributed by atoms with E-state index >= 15 is 0 Å². The lowest BCUT2D eigenvalue weighted by molar-refractivity contribution is -0.136. The predicted molar refractivity (Wildman–Crippen MR) is 87.0 cm³/mol. The molecule has 0 heterocycles. The van der Waals surface area contributed by atoms with Gasteiger partial charge < -0.3 is 10.4 Å². The van der Waals surface area contributed by atoms with Gasteiger partial charge in [0.1, 0.15) is 0 Å². The van der Waals surface area contributed by atoms with Crippen molar-refractivity contribution in [2.75, 3.05) is 11.9 Å². The number of benzene rings is 2. The topological polar surface area (TPSA) is 66.4 Å². The molecule has 2 aromatic rings. The number of ketones is 1. The molecule has 0 unspecified atom stereocenters. The van der Waals surface area contributed by atoms with E-state index in [-0.39, 0.29) is 12.2 Å². The fourth-order valence-electron chi connectivity index (χ4n) is 1.90. The number of allylic oxidation sites excluding steroid dienone is 1. The number of carboxylic acid groups (broad SMARTS) is 1. The van der Waals surface area contributed by atoms with Gasteiger partial charge in [-0.25, -0.2) is 0 Å². The van der Waals surface area contributed by atoms with Gasteiger partial charge in [-0.1, -0.05) is 36.4 Å². The Bertz CT molecular complexity index is 660. The van der Waals surface area contributed by atoms with Crippen molar-refractivity contribution in [2.24, 2.45) is 0 Å². The van der Waals surface area contributed by atoms with Gasteiger partial charge in [0, 0.05) is 17.8 Å². The van der Waals surface area contributed by atoms with Crippen molar-refractivity contribution in [3.63, 3.8) is 0 Å². The van der Waals surface area contributed by atoms with Crippen LogP contribution in [0.15, 0.2) is 60.7 Å². The van der Waals surface area contributed by atoms with Crippen LogP contribution >= 0.6 is 0 Å². The number of nitrogens with one attached hydrogen (secondary N) is 1. The molecule has 0 saturated carbocycles. The summed E-state index contributed by atoms with van der Waals surface area (Å²) in [4.78, 5) is 22.5. The molecule has 0 aliphatic heterocycles. The van der Waals surface area contributed by atoms with E-state index in [1.807, 2.05) is 30.3 Å². The second kappa shape index (κ2) is 7.78. The maximum Gasteiger partial charge on any atom is 0.305 e. The van der Waals surface area contributed by atoms with Crippen molar-refractivity contribution in [1.82, 2.24) is 0 Å². The molecule has 0 spiro atoms. The van der Waals surface area contributed by atoms with E-state index < -0.39 is 5.97 Å². The Kier molecular flexibility index (Phi) is 5.49. The van der Waals surface area contributed by atoms with E-state index in [2.05, 4.69) is 5.32 Å². The molecular formula is C18H17NO3. The third-order valence-corrected chi connectivity index (χ3v) is 3.06. The lowest BCUT2D eigenvalue weighted by Crippen LogP contribution is -2.07. The summed E-state index contributed by atoms with van der Waals surface area (Å²) in [6, 6.07) is 16.6. The zero-order valence-electron chi connectivity index (χ0n) is 12.0. The van der Waals surface area contributed by atoms with E-state index in [0.717, 1.165) is 11.3 Å². The molecule has 0 aromatic heterocycles. The van der Waals surface area contributed by atoms with Crippen LogP contribution in [0.2, 0.25) is 0 Å². The van der Waals surface area contributed by atoms with Crippen LogP contribution in [0.3, 0.4) is 0 Å². The minimum Gasteiger partial charge on any atom is -0.481 e. The van der Waals surface area contributed by atoms with Gasteiger partial charge in [0.25, 0.3) is 0 Å². The molecule has 22 heavy (non-hydrogen) atoms. The van der Waals surface area contributed by atoms with Gasteiger partial charge in [-0.2, -0.15) is 0 Å². The SMILES string of the molecule is O=C(O)CCNc1ccc(C(=O)C=Cc2ccccc2)cc1. The number of anilines is 1. The molecule has 0 radical (unpaired) electrons. The highest BCUT2D eigenvalue weighted by Crippen LogP contribution is 2.11. The highest BCUT2D eigenvalue weighted by molar-refractivity contribution is 6.06. The van der Waals surface area contributed by atoms with Gasteiger partial charge in [-0.15, -0.1) is 0 Å². The smallest absolute Gasteiger partial charge is 0.305 e. The third kappa shape index (κ3) is 4.90. The quantitative estimate of drug-likeness (QED) is 0.606. The first-order chi connectivity index (χ1) is 10.6. The van der Waals surface area contributed by atoms with Gasteiger partial charge in [0.05, 0.1) is 6.42 Å². The number of hydrogen-bond acceptors (Lipinski definition) is 3. The Hall–Kier alpha value is -2.88. The molecule has 2 aromatic carbocycles. The lowest BCUT2D eigenvalue weighted by atomic mass is 10.1. The second-order valence-corrected chi connectivity index (χ2v) is 4.76. The number of carboxylic acids is 1. The summed E-state index contributed by atoms with van der Waals surface area (Å²) in [6.45, 7) is 0.358. The first kappa shape index (κ1) is 15.5. The van der Waals surface area contributed by atoms with E-state index in [1.54, 1.807) is 36.4 Å². The maximum atomic E-state index is 12.0. The van der Waals surface area contributed by atoms with E-state index in [9.17, 15) is 9.59 Å². The first-order valence-electron chi connectivity index (χ1n) is 6.98. The normalized spacial score (nSPS) is 10.5. The van der Waals surface area contributed by atoms with Gasteiger partial charge in [-0.05, 0) is 35.9 Å². The minimum atomic E-state index is -0.842. The van der Waals surface area contributed by atoms with Crippen LogP contribution < -0.4 is 5.32 Å². The summed E-state index contributed by atoms with van der Waals surface area (Å²) in [7, 11) is 0. The molecule has 0 atom stereocenters. The summed E-state index contributed by atoms with van der Waals surface area (Å²) >= 11 is 0. The zero-order valence-corrected chi connectivity index (χ0v) is 12.0. The first-order valence-corrected chi connectivity index (χ1v) is 6.98. The molecule has 0 bridgehead atoms. The van der Waals surface area contributed by atoms with Crippen LogP contribution in [0.5, 0.6) is 0 Å². The van der Waals surface area contributed by atoms with Crippen molar-refractivity contribution in [2.45, 2.75) is 6.42 Å². The molecule has 0 fully saturated rings. The highest BCUT2D eigenvalue weighted by atomic mass is 16.4. The van der Waals surface area contributed by atoms with E-state index in [4.69, 9.17) is 5.11 Å². The van der Waals surface area contributed by atoms with Gasteiger partial charge in [0.15, 0.2) is 5.78 Å². The van der Waals surface area contributed by atoms with Gasteiger partial charge in [-0.3, -0.25) is 9.59 Å². The van der Waals surface area contributed by atoms with Crippen molar-refractivity contribution in [3.8, 4) is 0 Å². The largest absolute Gasteiger partial charge is 0.481 e. The monoisotopic (exact) mass is 295 g/mol. The fraction of sp³-hybridized carbons (Fsp3) is 0.111. The maximum absolute atomic E-state index is 12.0. The summed E-state index contributed by atoms with van der Waals surface area (Å²) < 4.78 is 0. The standard InChI is InChI=1S/C18H17NO3/c20-17(11-6-14-4-2-1-3-5-14)15-7-9-16(10-8-15)19-13-12-18(21)22/h1-11,19H,12-13H2,(H,21,22). The highest BCUT2D eigenvalue weighted by Gasteiger charge is 2.02. The zero-order chi connectivity index (χ0) is 15.8. The van der Waals surface area contributed by atoms with Gasteiger partial charge >= 0.3 is 5.97 Å². The van der Waals surface area contributed by atoms with Crippen LogP contribution in [-0.2, 0) is 4.79 Å². The number of rotatable bonds is 7. The summed E-state index contributed by atoms with van der Waals surface area (Å²) in [6.07, 6.45) is 3.38. The fourth-order valence-corrected chi connectivity index (χ4v) is 1.90. The Morgan fingerprint density at radius 1 is 1.00 bits per heavy atom. The molecular weight excluding hydrogens is 278 g/mol. The van der Waals surface area contributed by atoms with Gasteiger partial charge in [0.2, 0.25) is 0 Å². The molecule has 4 nitrogen and oxygen atoms in total. The molecule has 0 aliphatic rings. The Morgan fingerprint density at radius 2 is 1.68 bits per heavy atom. The molecule has 4 heteroatoms.